The van der Waals surface area contributed by atoms with Crippen molar-refractivity contribution in [3.63, 3.8) is 0 Å². The Morgan fingerprint density at radius 2 is 1.74 bits per heavy atom. The van der Waals surface area contributed by atoms with Crippen molar-refractivity contribution in [2.75, 3.05) is 6.54 Å². The molecule has 0 saturated heterocycles. The summed E-state index contributed by atoms with van der Waals surface area (Å²) in [6.45, 7) is 8.93. The van der Waals surface area contributed by atoms with Crippen molar-refractivity contribution in [1.29, 1.82) is 0 Å². The number of aromatic nitrogens is 3. The molecule has 2 aromatic rings. The van der Waals surface area contributed by atoms with Crippen LogP contribution in [0.25, 0.3) is 11.3 Å². The quantitative estimate of drug-likeness (QED) is 0.850. The summed E-state index contributed by atoms with van der Waals surface area (Å²) in [7, 11) is 0. The van der Waals surface area contributed by atoms with Crippen molar-refractivity contribution in [2.24, 2.45) is 0 Å². The molecule has 0 N–H and O–H groups in total. The normalized spacial score (nSPS) is 18.7. The van der Waals surface area contributed by atoms with Crippen LogP contribution < -0.4 is 0 Å². The van der Waals surface area contributed by atoms with Gasteiger partial charge in [0, 0.05) is 48.7 Å². The third-order valence-electron chi connectivity index (χ3n) is 4.95. The fraction of sp³-hybridized carbons (Fsp3) is 0.526. The largest absolute Gasteiger partial charge is 0.294 e. The zero-order valence-corrected chi connectivity index (χ0v) is 14.2. The van der Waals surface area contributed by atoms with E-state index in [-0.39, 0.29) is 5.54 Å². The molecule has 0 atom stereocenters. The van der Waals surface area contributed by atoms with Crippen LogP contribution in [0.5, 0.6) is 0 Å². The number of pyridine rings is 1. The van der Waals surface area contributed by atoms with Gasteiger partial charge in [-0.1, -0.05) is 0 Å². The zero-order valence-electron chi connectivity index (χ0n) is 14.2. The van der Waals surface area contributed by atoms with Gasteiger partial charge in [-0.25, -0.2) is 9.97 Å². The van der Waals surface area contributed by atoms with Gasteiger partial charge in [0.05, 0.1) is 5.69 Å². The highest BCUT2D eigenvalue weighted by atomic mass is 15.2. The van der Waals surface area contributed by atoms with Crippen LogP contribution >= 0.6 is 0 Å². The lowest BCUT2D eigenvalue weighted by molar-refractivity contribution is 0.120. The Bertz CT molecular complexity index is 711. The number of nitrogens with zero attached hydrogens (tertiary/aromatic N) is 4. The summed E-state index contributed by atoms with van der Waals surface area (Å²) < 4.78 is 0. The molecule has 23 heavy (non-hydrogen) atoms. The van der Waals surface area contributed by atoms with Crippen LogP contribution in [0.2, 0.25) is 0 Å². The van der Waals surface area contributed by atoms with Crippen LogP contribution in [0.1, 0.15) is 56.5 Å². The number of hydrogen-bond donors (Lipinski definition) is 0. The molecule has 1 saturated carbocycles. The molecular formula is C19H24N4. The fourth-order valence-corrected chi connectivity index (χ4v) is 3.19. The van der Waals surface area contributed by atoms with E-state index in [0.717, 1.165) is 36.6 Å². The molecule has 0 bridgehead atoms. The highest BCUT2D eigenvalue weighted by Crippen LogP contribution is 2.38. The van der Waals surface area contributed by atoms with Gasteiger partial charge in [-0.05, 0) is 57.2 Å². The van der Waals surface area contributed by atoms with Crippen LogP contribution in [-0.2, 0) is 13.0 Å². The molecule has 0 unspecified atom stereocenters. The van der Waals surface area contributed by atoms with E-state index in [1.54, 1.807) is 0 Å². The van der Waals surface area contributed by atoms with Crippen LogP contribution in [0.4, 0.5) is 0 Å². The third kappa shape index (κ3) is 3.00. The minimum Gasteiger partial charge on any atom is -0.294 e. The number of hydrogen-bond acceptors (Lipinski definition) is 4. The summed E-state index contributed by atoms with van der Waals surface area (Å²) in [5.41, 5.74) is 5.00. The monoisotopic (exact) mass is 308 g/mol. The Kier molecular flexibility index (Phi) is 3.45. The van der Waals surface area contributed by atoms with Gasteiger partial charge in [0.2, 0.25) is 0 Å². The second kappa shape index (κ2) is 5.38. The van der Waals surface area contributed by atoms with E-state index < -0.39 is 0 Å². The molecule has 2 aliphatic rings. The van der Waals surface area contributed by atoms with Gasteiger partial charge in [-0.3, -0.25) is 9.88 Å². The smallest absolute Gasteiger partial charge is 0.131 e. The Labute approximate surface area is 138 Å². The van der Waals surface area contributed by atoms with Crippen molar-refractivity contribution >= 4 is 0 Å². The first-order valence-corrected chi connectivity index (χ1v) is 8.56. The summed E-state index contributed by atoms with van der Waals surface area (Å²) in [5.74, 6) is 1.59. The van der Waals surface area contributed by atoms with Crippen LogP contribution in [0.15, 0.2) is 24.7 Å². The highest BCUT2D eigenvalue weighted by Gasteiger charge is 2.27. The van der Waals surface area contributed by atoms with Crippen molar-refractivity contribution in [2.45, 2.75) is 58.0 Å². The molecule has 0 aromatic carbocycles. The van der Waals surface area contributed by atoms with Gasteiger partial charge in [0.25, 0.3) is 0 Å². The zero-order chi connectivity index (χ0) is 16.0. The minimum atomic E-state index is 0.211. The van der Waals surface area contributed by atoms with Gasteiger partial charge in [0.1, 0.15) is 5.82 Å². The van der Waals surface area contributed by atoms with E-state index in [0.29, 0.717) is 5.92 Å². The summed E-state index contributed by atoms with van der Waals surface area (Å²) in [5, 5.41) is 0. The van der Waals surface area contributed by atoms with Gasteiger partial charge in [-0.15, -0.1) is 0 Å². The van der Waals surface area contributed by atoms with E-state index >= 15 is 0 Å². The topological polar surface area (TPSA) is 41.9 Å². The summed E-state index contributed by atoms with van der Waals surface area (Å²) in [4.78, 5) is 16.2. The predicted molar refractivity (Wildman–Crippen MR) is 91.1 cm³/mol. The van der Waals surface area contributed by atoms with Crippen molar-refractivity contribution in [3.05, 3.63) is 41.6 Å². The Hall–Kier alpha value is -1.81. The third-order valence-corrected chi connectivity index (χ3v) is 4.95. The van der Waals surface area contributed by atoms with Crippen LogP contribution in [0.3, 0.4) is 0 Å². The van der Waals surface area contributed by atoms with E-state index in [9.17, 15) is 0 Å². The van der Waals surface area contributed by atoms with E-state index in [1.807, 2.05) is 18.6 Å². The summed E-state index contributed by atoms with van der Waals surface area (Å²) >= 11 is 0. The fourth-order valence-electron chi connectivity index (χ4n) is 3.19. The summed E-state index contributed by atoms with van der Waals surface area (Å²) in [6.07, 6.45) is 9.46. The van der Waals surface area contributed by atoms with Crippen LogP contribution in [0, 0.1) is 0 Å². The second-order valence-corrected chi connectivity index (χ2v) is 7.78. The molecule has 1 fully saturated rings. The maximum atomic E-state index is 4.66. The Morgan fingerprint density at radius 1 is 1.00 bits per heavy atom. The maximum Gasteiger partial charge on any atom is 0.131 e. The molecule has 4 heteroatoms. The highest BCUT2D eigenvalue weighted by molar-refractivity contribution is 5.58. The molecule has 1 aliphatic carbocycles. The first-order chi connectivity index (χ1) is 11.0. The molecular weight excluding hydrogens is 284 g/mol. The lowest BCUT2D eigenvalue weighted by Gasteiger charge is -2.39. The van der Waals surface area contributed by atoms with Gasteiger partial charge in [0.15, 0.2) is 0 Å². The van der Waals surface area contributed by atoms with Crippen molar-refractivity contribution in [1.82, 2.24) is 19.9 Å². The molecule has 0 radical (unpaired) electrons. The number of fused-ring (bicyclic) bond motifs is 1. The van der Waals surface area contributed by atoms with E-state index in [4.69, 9.17) is 0 Å². The average molecular weight is 308 g/mol. The van der Waals surface area contributed by atoms with Gasteiger partial charge < -0.3 is 0 Å². The lowest BCUT2D eigenvalue weighted by atomic mass is 9.95. The van der Waals surface area contributed by atoms with Crippen molar-refractivity contribution in [3.8, 4) is 11.3 Å². The molecule has 1 aliphatic heterocycles. The van der Waals surface area contributed by atoms with E-state index in [1.165, 1.54) is 24.0 Å². The van der Waals surface area contributed by atoms with Crippen LogP contribution in [-0.4, -0.2) is 31.9 Å². The molecule has 4 rings (SSSR count). The minimum absolute atomic E-state index is 0.211. The molecule has 2 aromatic heterocycles. The first kappa shape index (κ1) is 14.8. The van der Waals surface area contributed by atoms with Crippen molar-refractivity contribution < 1.29 is 0 Å². The maximum absolute atomic E-state index is 4.66. The average Bonchev–Trinajstić information content (AvgIpc) is 3.38. The molecule has 0 spiro atoms. The molecule has 0 amide bonds. The van der Waals surface area contributed by atoms with E-state index in [2.05, 4.69) is 46.7 Å². The molecule has 3 heterocycles. The number of rotatable bonds is 2. The first-order valence-electron chi connectivity index (χ1n) is 8.56. The molecule has 4 nitrogen and oxygen atoms in total. The summed E-state index contributed by atoms with van der Waals surface area (Å²) in [6, 6.07) is 2.23. The van der Waals surface area contributed by atoms with Gasteiger partial charge in [-0.2, -0.15) is 0 Å². The van der Waals surface area contributed by atoms with Gasteiger partial charge >= 0.3 is 0 Å². The second-order valence-electron chi connectivity index (χ2n) is 7.78. The lowest BCUT2D eigenvalue weighted by Crippen LogP contribution is -2.44. The SMILES string of the molecule is CC(C)(C)N1CCc2cc(-c3cnc(C4CC4)nc3)ncc2C1. The Balaban J connectivity index is 1.58. The Morgan fingerprint density at radius 3 is 2.39 bits per heavy atom. The molecule has 120 valence electrons. The predicted octanol–water partition coefficient (Wildman–Crippen LogP) is 3.57. The standard InChI is InChI=1S/C19H24N4/c1-19(2,3)23-7-6-14-8-17(20-11-16(14)12-23)15-9-21-18(22-10-15)13-4-5-13/h8-11,13H,4-7,12H2,1-3H3.